The highest BCUT2D eigenvalue weighted by molar-refractivity contribution is 7.89. The van der Waals surface area contributed by atoms with Gasteiger partial charge in [0, 0.05) is 32.7 Å². The summed E-state index contributed by atoms with van der Waals surface area (Å²) in [5.74, 6) is -0.372. The van der Waals surface area contributed by atoms with Gasteiger partial charge in [-0.05, 0) is 29.8 Å². The minimum absolute atomic E-state index is 0.0369. The average Bonchev–Trinajstić information content (AvgIpc) is 2.68. The summed E-state index contributed by atoms with van der Waals surface area (Å²) in [6.45, 7) is 2.54. The summed E-state index contributed by atoms with van der Waals surface area (Å²) >= 11 is 12.2. The van der Waals surface area contributed by atoms with E-state index >= 15 is 0 Å². The Morgan fingerprint density at radius 2 is 1.57 bits per heavy atom. The van der Waals surface area contributed by atoms with Crippen LogP contribution in [0.25, 0.3) is 0 Å². The number of nitrogens with zero attached hydrogens (tertiary/aromatic N) is 2. The summed E-state index contributed by atoms with van der Waals surface area (Å²) < 4.78 is 31.9. The minimum Gasteiger partial charge on any atom is -0.465 e. The third-order valence-corrected chi connectivity index (χ3v) is 7.48. The number of carbonyl (C=O) groups excluding carboxylic acids is 1. The summed E-state index contributed by atoms with van der Waals surface area (Å²) in [6.07, 6.45) is 0. The second-order valence-electron chi connectivity index (χ2n) is 6.42. The molecular weight excluding hydrogens is 423 g/mol. The van der Waals surface area contributed by atoms with E-state index in [0.29, 0.717) is 38.3 Å². The van der Waals surface area contributed by atoms with Crippen LogP contribution in [0.3, 0.4) is 0 Å². The molecule has 1 saturated heterocycles. The fourth-order valence-electron chi connectivity index (χ4n) is 3.11. The van der Waals surface area contributed by atoms with Gasteiger partial charge < -0.3 is 4.74 Å². The third-order valence-electron chi connectivity index (χ3n) is 4.63. The number of sulfonamides is 1. The zero-order chi connectivity index (χ0) is 20.3. The predicted octanol–water partition coefficient (Wildman–Crippen LogP) is 3.29. The third kappa shape index (κ3) is 4.50. The summed E-state index contributed by atoms with van der Waals surface area (Å²) in [4.78, 5) is 13.6. The molecule has 0 unspecified atom stereocenters. The first-order valence-electron chi connectivity index (χ1n) is 8.66. The molecule has 0 radical (unpaired) electrons. The van der Waals surface area contributed by atoms with Crippen molar-refractivity contribution in [3.8, 4) is 0 Å². The predicted molar refractivity (Wildman–Crippen MR) is 108 cm³/mol. The van der Waals surface area contributed by atoms with Crippen LogP contribution in [0.4, 0.5) is 0 Å². The second kappa shape index (κ2) is 8.80. The summed E-state index contributed by atoms with van der Waals surface area (Å²) in [5, 5.41) is 0.251. The van der Waals surface area contributed by atoms with Crippen LogP contribution in [-0.2, 0) is 21.3 Å². The second-order valence-corrected chi connectivity index (χ2v) is 9.11. The van der Waals surface area contributed by atoms with Crippen LogP contribution >= 0.6 is 23.2 Å². The SMILES string of the molecule is COC(=O)c1ccc(CN2CCN(S(=O)(=O)c3c(Cl)cccc3Cl)CC2)cc1. The van der Waals surface area contributed by atoms with Crippen molar-refractivity contribution in [3.05, 3.63) is 63.6 Å². The molecule has 6 nitrogen and oxygen atoms in total. The standard InChI is InChI=1S/C19H20Cl2N2O4S/c1-27-19(24)15-7-5-14(6-8-15)13-22-9-11-23(12-10-22)28(25,26)18-16(20)3-2-4-17(18)21/h2-8H,9-13H2,1H3. The Balaban J connectivity index is 1.64. The van der Waals surface area contributed by atoms with E-state index in [1.54, 1.807) is 18.2 Å². The summed E-state index contributed by atoms with van der Waals surface area (Å²) in [6, 6.07) is 11.9. The quantitative estimate of drug-likeness (QED) is 0.664. The van der Waals surface area contributed by atoms with E-state index in [1.165, 1.54) is 23.5 Å². The first kappa shape index (κ1) is 21.1. The lowest BCUT2D eigenvalue weighted by Gasteiger charge is -2.34. The molecular formula is C19H20Cl2N2O4S. The van der Waals surface area contributed by atoms with Gasteiger partial charge in [-0.1, -0.05) is 41.4 Å². The van der Waals surface area contributed by atoms with Gasteiger partial charge in [0.2, 0.25) is 10.0 Å². The molecule has 1 fully saturated rings. The van der Waals surface area contributed by atoms with Crippen molar-refractivity contribution in [1.29, 1.82) is 0 Å². The zero-order valence-corrected chi connectivity index (χ0v) is 17.6. The Hall–Kier alpha value is -1.64. The molecule has 0 amide bonds. The number of benzene rings is 2. The molecule has 0 N–H and O–H groups in total. The van der Waals surface area contributed by atoms with Crippen LogP contribution in [0.2, 0.25) is 10.0 Å². The lowest BCUT2D eigenvalue weighted by Crippen LogP contribution is -2.48. The van der Waals surface area contributed by atoms with E-state index < -0.39 is 10.0 Å². The lowest BCUT2D eigenvalue weighted by molar-refractivity contribution is 0.0600. The Bertz CT molecular complexity index is 936. The monoisotopic (exact) mass is 442 g/mol. The highest BCUT2D eigenvalue weighted by Gasteiger charge is 2.31. The van der Waals surface area contributed by atoms with Crippen LogP contribution in [0.1, 0.15) is 15.9 Å². The highest BCUT2D eigenvalue weighted by Crippen LogP contribution is 2.32. The molecule has 0 saturated carbocycles. The van der Waals surface area contributed by atoms with Crippen LogP contribution in [0.5, 0.6) is 0 Å². The number of hydrogen-bond donors (Lipinski definition) is 0. The smallest absolute Gasteiger partial charge is 0.337 e. The number of hydrogen-bond acceptors (Lipinski definition) is 5. The molecule has 3 rings (SSSR count). The van der Waals surface area contributed by atoms with E-state index in [0.717, 1.165) is 5.56 Å². The van der Waals surface area contributed by atoms with Gasteiger partial charge in [-0.25, -0.2) is 13.2 Å². The van der Waals surface area contributed by atoms with Gasteiger partial charge in [0.15, 0.2) is 0 Å². The van der Waals surface area contributed by atoms with E-state index in [4.69, 9.17) is 27.9 Å². The van der Waals surface area contributed by atoms with E-state index in [2.05, 4.69) is 4.90 Å². The number of ether oxygens (including phenoxy) is 1. The Morgan fingerprint density at radius 3 is 2.11 bits per heavy atom. The van der Waals surface area contributed by atoms with Crippen LogP contribution in [0, 0.1) is 0 Å². The minimum atomic E-state index is -3.75. The maximum Gasteiger partial charge on any atom is 0.337 e. The normalized spacial score (nSPS) is 16.1. The number of piperazine rings is 1. The largest absolute Gasteiger partial charge is 0.465 e. The molecule has 2 aromatic carbocycles. The van der Waals surface area contributed by atoms with Crippen molar-refractivity contribution in [3.63, 3.8) is 0 Å². The average molecular weight is 443 g/mol. The fourth-order valence-corrected chi connectivity index (χ4v) is 5.62. The van der Waals surface area contributed by atoms with Gasteiger partial charge in [-0.15, -0.1) is 0 Å². The van der Waals surface area contributed by atoms with Gasteiger partial charge >= 0.3 is 5.97 Å². The number of rotatable bonds is 5. The highest BCUT2D eigenvalue weighted by atomic mass is 35.5. The molecule has 1 aliphatic rings. The van der Waals surface area contributed by atoms with E-state index in [1.807, 2.05) is 12.1 Å². The molecule has 9 heteroatoms. The van der Waals surface area contributed by atoms with Crippen molar-refractivity contribution in [1.82, 2.24) is 9.21 Å². The van der Waals surface area contributed by atoms with Crippen LogP contribution in [0.15, 0.2) is 47.4 Å². The molecule has 150 valence electrons. The van der Waals surface area contributed by atoms with Gasteiger partial charge in [-0.3, -0.25) is 4.90 Å². The summed E-state index contributed by atoms with van der Waals surface area (Å²) in [5.41, 5.74) is 1.54. The van der Waals surface area contributed by atoms with E-state index in [-0.39, 0.29) is 20.9 Å². The molecule has 2 aromatic rings. The first-order valence-corrected chi connectivity index (χ1v) is 10.9. The van der Waals surface area contributed by atoms with Crippen molar-refractivity contribution in [2.75, 3.05) is 33.3 Å². The Kier molecular flexibility index (Phi) is 6.62. The molecule has 1 aliphatic heterocycles. The maximum atomic E-state index is 12.9. The number of methoxy groups -OCH3 is 1. The molecule has 28 heavy (non-hydrogen) atoms. The molecule has 0 aliphatic carbocycles. The van der Waals surface area contributed by atoms with Gasteiger partial charge in [0.05, 0.1) is 22.7 Å². The maximum absolute atomic E-state index is 12.9. The van der Waals surface area contributed by atoms with Crippen LogP contribution < -0.4 is 0 Å². The van der Waals surface area contributed by atoms with Crippen molar-refractivity contribution < 1.29 is 17.9 Å². The molecule has 0 atom stereocenters. The van der Waals surface area contributed by atoms with E-state index in [9.17, 15) is 13.2 Å². The van der Waals surface area contributed by atoms with Crippen molar-refractivity contribution >= 4 is 39.2 Å². The Morgan fingerprint density at radius 1 is 1.00 bits per heavy atom. The summed E-state index contributed by atoms with van der Waals surface area (Å²) in [7, 11) is -2.40. The number of carbonyl (C=O) groups is 1. The Labute approximate surface area is 174 Å². The topological polar surface area (TPSA) is 66.9 Å². The molecule has 0 spiro atoms. The van der Waals surface area contributed by atoms with Gasteiger partial charge in [0.1, 0.15) is 4.90 Å². The lowest BCUT2D eigenvalue weighted by atomic mass is 10.1. The molecule has 0 bridgehead atoms. The first-order chi connectivity index (χ1) is 13.3. The van der Waals surface area contributed by atoms with Gasteiger partial charge in [0.25, 0.3) is 0 Å². The number of halogens is 2. The molecule has 1 heterocycles. The van der Waals surface area contributed by atoms with Crippen molar-refractivity contribution in [2.45, 2.75) is 11.4 Å². The zero-order valence-electron chi connectivity index (χ0n) is 15.3. The fraction of sp³-hybridized carbons (Fsp3) is 0.316. The molecule has 0 aromatic heterocycles. The van der Waals surface area contributed by atoms with Crippen LogP contribution in [-0.4, -0.2) is 56.9 Å². The number of esters is 1. The van der Waals surface area contributed by atoms with Crippen molar-refractivity contribution in [2.24, 2.45) is 0 Å². The van der Waals surface area contributed by atoms with Gasteiger partial charge in [-0.2, -0.15) is 4.31 Å².